The van der Waals surface area contributed by atoms with E-state index in [0.29, 0.717) is 0 Å². The van der Waals surface area contributed by atoms with E-state index in [1.807, 2.05) is 6.07 Å². The van der Waals surface area contributed by atoms with Crippen molar-refractivity contribution in [2.45, 2.75) is 12.8 Å². The van der Waals surface area contributed by atoms with Crippen molar-refractivity contribution < 1.29 is 33.3 Å². The number of hydrogen-bond donors (Lipinski definition) is 0. The van der Waals surface area contributed by atoms with Crippen LogP contribution in [0.2, 0.25) is 0 Å². The summed E-state index contributed by atoms with van der Waals surface area (Å²) in [5.74, 6) is 1.04. The molecule has 0 unspecified atom stereocenters. The molecule has 1 aliphatic rings. The lowest BCUT2D eigenvalue weighted by Gasteiger charge is -2.17. The molecule has 1 aromatic heterocycles. The molecular weight excluding hydrogens is 392 g/mol. The molecule has 0 saturated heterocycles. The topological polar surface area (TPSA) is 104 Å². The number of hydrogen-bond acceptors (Lipinski definition) is 4. The highest BCUT2D eigenvalue weighted by Crippen LogP contribution is 2.42. The van der Waals surface area contributed by atoms with Crippen LogP contribution < -0.4 is 18.6 Å². The first-order chi connectivity index (χ1) is 13.9. The number of aryl methyl sites for hydroxylation is 1. The van der Waals surface area contributed by atoms with Crippen molar-refractivity contribution in [3.8, 4) is 22.5 Å². The number of halogens is 1. The molecule has 0 aliphatic heterocycles. The monoisotopic (exact) mass is 408 g/mol. The van der Waals surface area contributed by atoms with Crippen molar-refractivity contribution in [1.29, 1.82) is 0 Å². The second-order valence-electron chi connectivity index (χ2n) is 6.68. The van der Waals surface area contributed by atoms with Crippen LogP contribution >= 0.6 is 0 Å². The molecule has 0 atom stereocenters. The van der Waals surface area contributed by atoms with Gasteiger partial charge in [0.05, 0.1) is 16.5 Å². The zero-order valence-corrected chi connectivity index (χ0v) is 16.1. The zero-order valence-electron chi connectivity index (χ0n) is 15.3. The van der Waals surface area contributed by atoms with Gasteiger partial charge in [0.25, 0.3) is 0 Å². The molecule has 3 aromatic carbocycles. The second-order valence-corrected chi connectivity index (χ2v) is 7.44. The lowest BCUT2D eigenvalue weighted by molar-refractivity contribution is -2.00. The zero-order chi connectivity index (χ0) is 20.4. The van der Waals surface area contributed by atoms with Crippen LogP contribution in [0.15, 0.2) is 83.3 Å². The number of benzene rings is 3. The maximum Gasteiger partial charge on any atom is 0.364 e. The second kappa shape index (κ2) is 7.91. The first-order valence-corrected chi connectivity index (χ1v) is 10.3. The summed E-state index contributed by atoms with van der Waals surface area (Å²) in [7, 11) is -4.94. The molecule has 5 nitrogen and oxygen atoms in total. The smallest absolute Gasteiger partial charge is 0.222 e. The first-order valence-electron chi connectivity index (χ1n) is 9.05. The fourth-order valence-corrected chi connectivity index (χ4v) is 3.82. The quantitative estimate of drug-likeness (QED) is 0.443. The molecule has 6 heteroatoms. The lowest BCUT2D eigenvalue weighted by Crippen LogP contribution is -2.68. The van der Waals surface area contributed by atoms with Crippen LogP contribution in [-0.4, -0.2) is 0 Å². The molecule has 0 radical (unpaired) electrons. The van der Waals surface area contributed by atoms with Gasteiger partial charge in [-0.3, -0.25) is 0 Å². The summed E-state index contributed by atoms with van der Waals surface area (Å²) in [6.07, 6.45) is 2.09. The molecule has 1 aliphatic carbocycles. The van der Waals surface area contributed by atoms with E-state index in [0.717, 1.165) is 24.2 Å². The molecule has 0 amide bonds. The van der Waals surface area contributed by atoms with E-state index < -0.39 is 10.2 Å². The lowest BCUT2D eigenvalue weighted by atomic mass is 9.84. The molecule has 4 aromatic rings. The summed E-state index contributed by atoms with van der Waals surface area (Å²) in [5.41, 5.74) is 7.48. The van der Waals surface area contributed by atoms with Gasteiger partial charge in [0.15, 0.2) is 0 Å². The molecule has 0 fully saturated rings. The van der Waals surface area contributed by atoms with E-state index >= 15 is 0 Å². The molecular formula is C23H17ClO5. The molecule has 29 heavy (non-hydrogen) atoms. The fourth-order valence-electron chi connectivity index (χ4n) is 3.82. The highest BCUT2D eigenvalue weighted by Gasteiger charge is 2.31. The minimum Gasteiger partial charge on any atom is -0.222 e. The van der Waals surface area contributed by atoms with Crippen LogP contribution in [0, 0.1) is 10.2 Å². The fraction of sp³-hybridized carbons (Fsp3) is 0.0870. The predicted molar refractivity (Wildman–Crippen MR) is 98.9 cm³/mol. The predicted octanol–water partition coefficient (Wildman–Crippen LogP) is 1.39. The van der Waals surface area contributed by atoms with Gasteiger partial charge in [0, 0.05) is 11.6 Å². The Bertz CT molecular complexity index is 1150. The summed E-state index contributed by atoms with van der Waals surface area (Å²) in [4.78, 5) is 0. The Labute approximate surface area is 169 Å². The van der Waals surface area contributed by atoms with Gasteiger partial charge in [-0.25, -0.2) is 23.1 Å². The van der Waals surface area contributed by atoms with Crippen LogP contribution in [0.3, 0.4) is 0 Å². The van der Waals surface area contributed by atoms with Crippen molar-refractivity contribution >= 4 is 11.0 Å². The van der Waals surface area contributed by atoms with Gasteiger partial charge in [-0.1, -0.05) is 60.7 Å². The highest BCUT2D eigenvalue weighted by molar-refractivity contribution is 5.98. The summed E-state index contributed by atoms with van der Waals surface area (Å²) in [6.45, 7) is 0. The Morgan fingerprint density at radius 2 is 1.31 bits per heavy atom. The Kier molecular flexibility index (Phi) is 5.32. The van der Waals surface area contributed by atoms with E-state index in [1.165, 1.54) is 33.2 Å². The summed E-state index contributed by atoms with van der Waals surface area (Å²) in [5, 5.41) is 1.20. The molecule has 5 rings (SSSR count). The average Bonchev–Trinajstić information content (AvgIpc) is 2.71. The van der Waals surface area contributed by atoms with Gasteiger partial charge in [-0.05, 0) is 36.1 Å². The van der Waals surface area contributed by atoms with E-state index in [9.17, 15) is 0 Å². The molecule has 0 N–H and O–H groups in total. The van der Waals surface area contributed by atoms with Gasteiger partial charge in [0.2, 0.25) is 0 Å². The van der Waals surface area contributed by atoms with Gasteiger partial charge < -0.3 is 0 Å². The largest absolute Gasteiger partial charge is 0.364 e. The summed E-state index contributed by atoms with van der Waals surface area (Å²) in [6, 6.07) is 27.7. The Morgan fingerprint density at radius 3 is 2.07 bits per heavy atom. The van der Waals surface area contributed by atoms with Crippen LogP contribution in [0.4, 0.5) is 0 Å². The molecule has 0 saturated carbocycles. The average molecular weight is 409 g/mol. The third-order valence-corrected chi connectivity index (χ3v) is 4.91. The summed E-state index contributed by atoms with van der Waals surface area (Å²) < 4.78 is 40.3. The maximum absolute atomic E-state index is 8.49. The minimum atomic E-state index is -4.94. The van der Waals surface area contributed by atoms with Crippen molar-refractivity contribution in [1.82, 2.24) is 0 Å². The van der Waals surface area contributed by atoms with Crippen molar-refractivity contribution in [2.75, 3.05) is 0 Å². The highest BCUT2D eigenvalue weighted by atomic mass is 35.7. The minimum absolute atomic E-state index is 0.951. The van der Waals surface area contributed by atoms with Gasteiger partial charge in [0.1, 0.15) is 0 Å². The van der Waals surface area contributed by atoms with Crippen molar-refractivity contribution in [2.24, 2.45) is 0 Å². The van der Waals surface area contributed by atoms with Crippen molar-refractivity contribution in [3.63, 3.8) is 0 Å². The van der Waals surface area contributed by atoms with Crippen molar-refractivity contribution in [3.05, 3.63) is 90.0 Å². The SMILES string of the molecule is [O-][Cl+3]([O-])([O-])[O-].c1ccc(-c2c3c([o+]c4ccccc24)-c2ccccc2CC3)cc1. The van der Waals surface area contributed by atoms with E-state index in [-0.39, 0.29) is 0 Å². The molecule has 1 heterocycles. The Hall–Kier alpha value is -2.80. The standard InChI is InChI=1S/C23H17O.ClHO4/c1-2-9-17(10-3-1)22-19-12-6-7-13-21(19)24-23-18-11-5-4-8-16(18)14-15-20(22)23;2-1(3,4)5/h1-13H,14-15H2;(H,2,3,4,5)/q+1;/p-1. The third kappa shape index (κ3) is 4.29. The van der Waals surface area contributed by atoms with Crippen LogP contribution in [0.1, 0.15) is 11.1 Å². The van der Waals surface area contributed by atoms with Crippen LogP contribution in [0.5, 0.6) is 0 Å². The Morgan fingerprint density at radius 1 is 0.690 bits per heavy atom. The first kappa shape index (κ1) is 19.5. The summed E-state index contributed by atoms with van der Waals surface area (Å²) >= 11 is 0. The van der Waals surface area contributed by atoms with Gasteiger partial charge >= 0.3 is 11.3 Å². The maximum atomic E-state index is 8.49. The van der Waals surface area contributed by atoms with E-state index in [2.05, 4.69) is 72.8 Å². The molecule has 146 valence electrons. The van der Waals surface area contributed by atoms with Crippen LogP contribution in [-0.2, 0) is 12.8 Å². The van der Waals surface area contributed by atoms with Gasteiger partial charge in [-0.2, -0.15) is 0 Å². The third-order valence-electron chi connectivity index (χ3n) is 4.91. The normalized spacial score (nSPS) is 12.6. The Balaban J connectivity index is 0.000000369. The van der Waals surface area contributed by atoms with E-state index in [4.69, 9.17) is 23.1 Å². The molecule has 0 bridgehead atoms. The number of fused-ring (bicyclic) bond motifs is 4. The van der Waals surface area contributed by atoms with Gasteiger partial charge in [-0.15, -0.1) is 10.2 Å². The van der Waals surface area contributed by atoms with Crippen LogP contribution in [0.25, 0.3) is 33.4 Å². The number of para-hydroxylation sites is 1. The number of rotatable bonds is 1. The van der Waals surface area contributed by atoms with E-state index in [1.54, 1.807) is 0 Å². The molecule has 0 spiro atoms.